The minimum atomic E-state index is -1.06. The first-order chi connectivity index (χ1) is 10.5. The molecule has 2 aromatic rings. The number of Topliss-reactive ketones (excluding diaryl/α,β-unsaturated/α-hetero) is 2. The summed E-state index contributed by atoms with van der Waals surface area (Å²) in [7, 11) is 0. The number of fused-ring (bicyclic) bond motifs is 1. The molecule has 0 radical (unpaired) electrons. The number of carboxylic acids is 1. The first kappa shape index (κ1) is 14.0. The lowest BCUT2D eigenvalue weighted by Gasteiger charge is -2.24. The van der Waals surface area contributed by atoms with Gasteiger partial charge in [0, 0.05) is 5.56 Å². The first-order valence-corrected chi connectivity index (χ1v) is 6.66. The zero-order valence-electron chi connectivity index (χ0n) is 11.7. The summed E-state index contributed by atoms with van der Waals surface area (Å²) in [6, 6.07) is 10.8. The summed E-state index contributed by atoms with van der Waals surface area (Å²) in [5.74, 6) is -1.93. The van der Waals surface area contributed by atoms with E-state index in [-0.39, 0.29) is 11.1 Å². The van der Waals surface area contributed by atoms with Crippen LogP contribution in [0.15, 0.2) is 42.5 Å². The maximum atomic E-state index is 12.2. The third kappa shape index (κ3) is 2.26. The van der Waals surface area contributed by atoms with Gasteiger partial charge in [0.1, 0.15) is 5.75 Å². The van der Waals surface area contributed by atoms with E-state index in [1.165, 1.54) is 24.3 Å². The number of carboxylic acid groups (broad SMARTS) is 1. The molecule has 3 rings (SSSR count). The Kier molecular flexibility index (Phi) is 3.25. The van der Waals surface area contributed by atoms with Gasteiger partial charge in [-0.3, -0.25) is 9.59 Å². The third-order valence-corrected chi connectivity index (χ3v) is 3.55. The van der Waals surface area contributed by atoms with Crippen molar-refractivity contribution in [3.63, 3.8) is 0 Å². The molecule has 1 aliphatic heterocycles. The van der Waals surface area contributed by atoms with E-state index in [4.69, 9.17) is 9.84 Å². The van der Waals surface area contributed by atoms with Crippen LogP contribution in [0.25, 0.3) is 0 Å². The van der Waals surface area contributed by atoms with E-state index in [0.717, 1.165) is 5.56 Å². The Bertz CT molecular complexity index is 789. The van der Waals surface area contributed by atoms with Crippen LogP contribution in [0.2, 0.25) is 0 Å². The average Bonchev–Trinajstić information content (AvgIpc) is 2.51. The SMILES string of the molecule is Cc1ccc2c(c1)C(=O)C(=O)C(c1ccc(C(=O)O)cc1)O2. The topological polar surface area (TPSA) is 80.7 Å². The van der Waals surface area contributed by atoms with Gasteiger partial charge >= 0.3 is 5.97 Å². The van der Waals surface area contributed by atoms with Gasteiger partial charge in [-0.1, -0.05) is 23.8 Å². The Morgan fingerprint density at radius 3 is 2.41 bits per heavy atom. The maximum absolute atomic E-state index is 12.2. The monoisotopic (exact) mass is 296 g/mol. The number of carbonyl (C=O) groups excluding carboxylic acids is 2. The van der Waals surface area contributed by atoms with Gasteiger partial charge in [-0.25, -0.2) is 4.79 Å². The van der Waals surface area contributed by atoms with Gasteiger partial charge in [-0.2, -0.15) is 0 Å². The Labute approximate surface area is 126 Å². The second-order valence-electron chi connectivity index (χ2n) is 5.12. The Hall–Kier alpha value is -2.95. The van der Waals surface area contributed by atoms with Crippen molar-refractivity contribution in [2.45, 2.75) is 13.0 Å². The van der Waals surface area contributed by atoms with Crippen molar-refractivity contribution in [2.75, 3.05) is 0 Å². The summed E-state index contributed by atoms with van der Waals surface area (Å²) < 4.78 is 5.64. The largest absolute Gasteiger partial charge is 0.478 e. The molecule has 0 saturated heterocycles. The minimum absolute atomic E-state index is 0.106. The van der Waals surface area contributed by atoms with Crippen molar-refractivity contribution in [1.82, 2.24) is 0 Å². The van der Waals surface area contributed by atoms with Crippen molar-refractivity contribution in [2.24, 2.45) is 0 Å². The fraction of sp³-hybridized carbons (Fsp3) is 0.118. The number of ketones is 2. The van der Waals surface area contributed by atoms with Crippen molar-refractivity contribution < 1.29 is 24.2 Å². The van der Waals surface area contributed by atoms with Gasteiger partial charge in [-0.15, -0.1) is 0 Å². The lowest BCUT2D eigenvalue weighted by Crippen LogP contribution is -2.31. The average molecular weight is 296 g/mol. The molecule has 0 aliphatic carbocycles. The predicted molar refractivity (Wildman–Crippen MR) is 77.3 cm³/mol. The smallest absolute Gasteiger partial charge is 0.335 e. The van der Waals surface area contributed by atoms with Gasteiger partial charge in [-0.05, 0) is 31.2 Å². The van der Waals surface area contributed by atoms with Crippen molar-refractivity contribution >= 4 is 17.5 Å². The van der Waals surface area contributed by atoms with Gasteiger partial charge in [0.05, 0.1) is 11.1 Å². The zero-order valence-corrected chi connectivity index (χ0v) is 11.7. The number of carbonyl (C=O) groups is 3. The minimum Gasteiger partial charge on any atom is -0.478 e. The fourth-order valence-electron chi connectivity index (χ4n) is 2.38. The Morgan fingerprint density at radius 1 is 1.09 bits per heavy atom. The molecule has 5 heteroatoms. The quantitative estimate of drug-likeness (QED) is 0.861. The van der Waals surface area contributed by atoms with Crippen LogP contribution < -0.4 is 4.74 Å². The molecule has 0 saturated carbocycles. The lowest BCUT2D eigenvalue weighted by molar-refractivity contribution is -0.122. The van der Waals surface area contributed by atoms with Crippen LogP contribution in [0.3, 0.4) is 0 Å². The number of aromatic carboxylic acids is 1. The molecule has 1 heterocycles. The van der Waals surface area contributed by atoms with Crippen molar-refractivity contribution in [1.29, 1.82) is 0 Å². The molecule has 5 nitrogen and oxygen atoms in total. The van der Waals surface area contributed by atoms with E-state index in [2.05, 4.69) is 0 Å². The van der Waals surface area contributed by atoms with Crippen LogP contribution in [0.5, 0.6) is 5.75 Å². The molecule has 1 unspecified atom stereocenters. The summed E-state index contributed by atoms with van der Waals surface area (Å²) in [4.78, 5) is 35.3. The van der Waals surface area contributed by atoms with E-state index in [0.29, 0.717) is 11.3 Å². The van der Waals surface area contributed by atoms with Crippen molar-refractivity contribution in [3.8, 4) is 5.75 Å². The molecule has 0 fully saturated rings. The summed E-state index contributed by atoms with van der Waals surface area (Å²) >= 11 is 0. The lowest BCUT2D eigenvalue weighted by atomic mass is 9.93. The second-order valence-corrected chi connectivity index (χ2v) is 5.12. The number of rotatable bonds is 2. The standard InChI is InChI=1S/C17H12O5/c1-9-2-7-13-12(8-9)14(18)15(19)16(22-13)10-3-5-11(6-4-10)17(20)21/h2-8,16H,1H3,(H,20,21). The van der Waals surface area contributed by atoms with E-state index < -0.39 is 23.6 Å². The van der Waals surface area contributed by atoms with Gasteiger partial charge in [0.25, 0.3) is 0 Å². The van der Waals surface area contributed by atoms with E-state index >= 15 is 0 Å². The van der Waals surface area contributed by atoms with E-state index in [1.807, 2.05) is 6.92 Å². The van der Waals surface area contributed by atoms with Gasteiger partial charge in [0.15, 0.2) is 6.10 Å². The molecule has 1 aliphatic rings. The number of aryl methyl sites for hydroxylation is 1. The number of hydrogen-bond donors (Lipinski definition) is 1. The highest BCUT2D eigenvalue weighted by molar-refractivity contribution is 6.46. The molecule has 0 amide bonds. The molecule has 0 aromatic heterocycles. The number of benzene rings is 2. The van der Waals surface area contributed by atoms with Crippen LogP contribution in [-0.2, 0) is 4.79 Å². The predicted octanol–water partition coefficient (Wildman–Crippen LogP) is 2.58. The normalized spacial score (nSPS) is 16.9. The molecule has 0 spiro atoms. The number of hydrogen-bond acceptors (Lipinski definition) is 4. The number of ether oxygens (including phenoxy) is 1. The molecule has 1 atom stereocenters. The molecule has 22 heavy (non-hydrogen) atoms. The molecule has 110 valence electrons. The highest BCUT2D eigenvalue weighted by Crippen LogP contribution is 2.33. The van der Waals surface area contributed by atoms with Gasteiger partial charge < -0.3 is 9.84 Å². The Balaban J connectivity index is 1.99. The second kappa shape index (κ2) is 5.11. The Morgan fingerprint density at radius 2 is 1.77 bits per heavy atom. The molecular formula is C17H12O5. The maximum Gasteiger partial charge on any atom is 0.335 e. The van der Waals surface area contributed by atoms with Crippen LogP contribution in [-0.4, -0.2) is 22.6 Å². The van der Waals surface area contributed by atoms with Crippen LogP contribution >= 0.6 is 0 Å². The summed E-state index contributed by atoms with van der Waals surface area (Å²) in [6.07, 6.45) is -1.04. The fourth-order valence-corrected chi connectivity index (χ4v) is 2.38. The highest BCUT2D eigenvalue weighted by Gasteiger charge is 2.36. The summed E-state index contributed by atoms with van der Waals surface area (Å²) in [6.45, 7) is 1.83. The summed E-state index contributed by atoms with van der Waals surface area (Å²) in [5.41, 5.74) is 1.69. The van der Waals surface area contributed by atoms with Crippen molar-refractivity contribution in [3.05, 3.63) is 64.7 Å². The van der Waals surface area contributed by atoms with Gasteiger partial charge in [0.2, 0.25) is 11.6 Å². The molecular weight excluding hydrogens is 284 g/mol. The zero-order chi connectivity index (χ0) is 15.9. The highest BCUT2D eigenvalue weighted by atomic mass is 16.5. The third-order valence-electron chi connectivity index (χ3n) is 3.55. The van der Waals surface area contributed by atoms with Crippen LogP contribution in [0.4, 0.5) is 0 Å². The molecule has 2 aromatic carbocycles. The van der Waals surface area contributed by atoms with Crippen LogP contribution in [0.1, 0.15) is 37.9 Å². The first-order valence-electron chi connectivity index (χ1n) is 6.66. The van der Waals surface area contributed by atoms with E-state index in [1.54, 1.807) is 18.2 Å². The van der Waals surface area contributed by atoms with Crippen LogP contribution in [0, 0.1) is 6.92 Å². The van der Waals surface area contributed by atoms with E-state index in [9.17, 15) is 14.4 Å². The molecule has 1 N–H and O–H groups in total. The summed E-state index contributed by atoms with van der Waals surface area (Å²) in [5, 5.41) is 8.88. The molecule has 0 bridgehead atoms.